The molecule has 0 N–H and O–H groups in total. The van der Waals surface area contributed by atoms with Gasteiger partial charge in [0, 0.05) is 33.7 Å². The molecule has 0 saturated heterocycles. The first kappa shape index (κ1) is 44.1. The topological polar surface area (TPSA) is 19.6 Å². The number of nitrogens with zero attached hydrogens (tertiary/aromatic N) is 2. The predicted molar refractivity (Wildman–Crippen MR) is 288 cm³/mol. The van der Waals surface area contributed by atoms with E-state index in [1.807, 2.05) is 0 Å². The minimum Gasteiger partial charge on any atom is -0.468 e. The SMILES string of the molecule is Cc1cc2c3c(c1)N(c1ccc(C(C)(C)C)cc1)c1c(oc4ccc(C(C)(C)C)cc14)B3c1cc3c(cc1N2c1cc2c(cc1-c1ccccc1)C(C)(C)CCC2(C)C)C(C)(C)CCC3(C)C. The van der Waals surface area contributed by atoms with Gasteiger partial charge in [-0.15, -0.1) is 0 Å². The van der Waals surface area contributed by atoms with Crippen molar-refractivity contribution >= 4 is 68.4 Å². The highest BCUT2D eigenvalue weighted by atomic mass is 16.3. The third-order valence-electron chi connectivity index (χ3n) is 16.9. The van der Waals surface area contributed by atoms with E-state index in [2.05, 4.69) is 223 Å². The second kappa shape index (κ2) is 14.3. The quantitative estimate of drug-likeness (QED) is 0.165. The van der Waals surface area contributed by atoms with Crippen LogP contribution in [0.3, 0.4) is 0 Å². The number of hydrogen-bond acceptors (Lipinski definition) is 3. The van der Waals surface area contributed by atoms with Crippen LogP contribution in [0.4, 0.5) is 34.1 Å². The molecule has 2 aliphatic carbocycles. The minimum absolute atomic E-state index is 0.0180. The molecule has 0 radical (unpaired) electrons. The number of benzene rings is 6. The molecule has 0 amide bonds. The number of hydrogen-bond donors (Lipinski definition) is 0. The molecule has 342 valence electrons. The molecule has 0 spiro atoms. The zero-order valence-electron chi connectivity index (χ0n) is 43.1. The fourth-order valence-corrected chi connectivity index (χ4v) is 12.4. The molecule has 4 heteroatoms. The van der Waals surface area contributed by atoms with E-state index in [0.717, 1.165) is 41.9 Å². The van der Waals surface area contributed by atoms with Crippen LogP contribution in [0.5, 0.6) is 0 Å². The molecule has 67 heavy (non-hydrogen) atoms. The summed E-state index contributed by atoms with van der Waals surface area (Å²) in [6.07, 6.45) is 4.63. The Bertz CT molecular complexity index is 3160. The van der Waals surface area contributed by atoms with Gasteiger partial charge in [0.2, 0.25) is 0 Å². The molecule has 3 heterocycles. The van der Waals surface area contributed by atoms with Crippen LogP contribution in [0.1, 0.15) is 162 Å². The Morgan fingerprint density at radius 1 is 0.507 bits per heavy atom. The number of aryl methyl sites for hydroxylation is 1. The molecule has 4 aliphatic rings. The summed E-state index contributed by atoms with van der Waals surface area (Å²) in [6, 6.07) is 43.0. The summed E-state index contributed by atoms with van der Waals surface area (Å²) in [7, 11) is 0. The lowest BCUT2D eigenvalue weighted by molar-refractivity contribution is 0.332. The highest BCUT2D eigenvalue weighted by Gasteiger charge is 2.50. The molecule has 0 fully saturated rings. The molecule has 11 rings (SSSR count). The Hall–Kier alpha value is -5.48. The van der Waals surface area contributed by atoms with Gasteiger partial charge < -0.3 is 14.2 Å². The van der Waals surface area contributed by atoms with Gasteiger partial charge in [-0.2, -0.15) is 0 Å². The average molecular weight is 883 g/mol. The van der Waals surface area contributed by atoms with Gasteiger partial charge in [-0.3, -0.25) is 0 Å². The number of anilines is 6. The molecule has 0 unspecified atom stereocenters. The van der Waals surface area contributed by atoms with Crippen molar-refractivity contribution in [2.45, 2.75) is 162 Å². The van der Waals surface area contributed by atoms with Gasteiger partial charge in [0.15, 0.2) is 0 Å². The largest absolute Gasteiger partial charge is 0.468 e. The summed E-state index contributed by atoms with van der Waals surface area (Å²) < 4.78 is 7.46. The van der Waals surface area contributed by atoms with E-state index in [1.54, 1.807) is 0 Å². The number of furan rings is 1. The molecular weight excluding hydrogens is 812 g/mol. The average Bonchev–Trinajstić information content (AvgIpc) is 3.64. The first-order valence-electron chi connectivity index (χ1n) is 25.2. The highest BCUT2D eigenvalue weighted by Crippen LogP contribution is 2.55. The van der Waals surface area contributed by atoms with Crippen LogP contribution >= 0.6 is 0 Å². The monoisotopic (exact) mass is 883 g/mol. The van der Waals surface area contributed by atoms with Crippen LogP contribution in [0, 0.1) is 6.92 Å². The van der Waals surface area contributed by atoms with Crippen LogP contribution < -0.4 is 26.4 Å². The van der Waals surface area contributed by atoms with Crippen molar-refractivity contribution in [3.05, 3.63) is 148 Å². The van der Waals surface area contributed by atoms with Gasteiger partial charge >= 0.3 is 0 Å². The summed E-state index contributed by atoms with van der Waals surface area (Å²) in [5.74, 6) is 0. The van der Waals surface area contributed by atoms with Gasteiger partial charge in [0.1, 0.15) is 5.58 Å². The van der Waals surface area contributed by atoms with E-state index in [0.29, 0.717) is 0 Å². The van der Waals surface area contributed by atoms with Crippen molar-refractivity contribution in [1.29, 1.82) is 0 Å². The summed E-state index contributed by atoms with van der Waals surface area (Å²) >= 11 is 0. The van der Waals surface area contributed by atoms with E-state index in [-0.39, 0.29) is 39.2 Å². The predicted octanol–water partition coefficient (Wildman–Crippen LogP) is 15.8. The summed E-state index contributed by atoms with van der Waals surface area (Å²) in [5.41, 5.74) is 24.3. The normalized spacial score (nSPS) is 18.5. The molecule has 0 atom stereocenters. The summed E-state index contributed by atoms with van der Waals surface area (Å²) in [5, 5.41) is 1.17. The van der Waals surface area contributed by atoms with Crippen molar-refractivity contribution in [3.8, 4) is 11.1 Å². The lowest BCUT2D eigenvalue weighted by Crippen LogP contribution is -2.61. The molecule has 1 aromatic heterocycles. The zero-order valence-corrected chi connectivity index (χ0v) is 43.1. The fraction of sp³-hybridized carbons (Fsp3) is 0.397. The van der Waals surface area contributed by atoms with E-state index < -0.39 is 0 Å². The lowest BCUT2D eigenvalue weighted by atomic mass is 9.35. The van der Waals surface area contributed by atoms with E-state index >= 15 is 0 Å². The third-order valence-corrected chi connectivity index (χ3v) is 16.9. The first-order valence-corrected chi connectivity index (χ1v) is 25.2. The summed E-state index contributed by atoms with van der Waals surface area (Å²) in [6.45, 7) is 35.8. The van der Waals surface area contributed by atoms with Crippen LogP contribution in [0.25, 0.3) is 22.1 Å². The Morgan fingerprint density at radius 3 is 1.58 bits per heavy atom. The molecule has 7 aromatic rings. The molecule has 0 saturated carbocycles. The van der Waals surface area contributed by atoms with Gasteiger partial charge in [-0.25, -0.2) is 0 Å². The summed E-state index contributed by atoms with van der Waals surface area (Å²) in [4.78, 5) is 5.27. The van der Waals surface area contributed by atoms with Gasteiger partial charge in [-0.05, 0) is 175 Å². The van der Waals surface area contributed by atoms with Crippen molar-refractivity contribution in [3.63, 3.8) is 0 Å². The van der Waals surface area contributed by atoms with Crippen LogP contribution in [0.15, 0.2) is 114 Å². The molecule has 0 bridgehead atoms. The zero-order chi connectivity index (χ0) is 47.5. The van der Waals surface area contributed by atoms with Crippen LogP contribution in [-0.2, 0) is 32.5 Å². The van der Waals surface area contributed by atoms with E-state index in [9.17, 15) is 0 Å². The van der Waals surface area contributed by atoms with Crippen molar-refractivity contribution in [2.75, 3.05) is 9.80 Å². The van der Waals surface area contributed by atoms with Crippen molar-refractivity contribution in [1.82, 2.24) is 0 Å². The van der Waals surface area contributed by atoms with Crippen molar-refractivity contribution < 1.29 is 4.42 Å². The Balaban J connectivity index is 1.30. The maximum Gasteiger partial charge on any atom is 0.297 e. The van der Waals surface area contributed by atoms with Gasteiger partial charge in [0.25, 0.3) is 6.71 Å². The molecule has 6 aromatic carbocycles. The van der Waals surface area contributed by atoms with Crippen LogP contribution in [0.2, 0.25) is 0 Å². The van der Waals surface area contributed by atoms with E-state index in [1.165, 1.54) is 95.6 Å². The molecular formula is C63H71BN2O. The smallest absolute Gasteiger partial charge is 0.297 e. The second-order valence-corrected chi connectivity index (χ2v) is 25.7. The minimum atomic E-state index is -0.123. The maximum absolute atomic E-state index is 7.46. The van der Waals surface area contributed by atoms with Crippen LogP contribution in [-0.4, -0.2) is 6.71 Å². The van der Waals surface area contributed by atoms with Crippen molar-refractivity contribution in [2.24, 2.45) is 0 Å². The van der Waals surface area contributed by atoms with E-state index in [4.69, 9.17) is 4.42 Å². The second-order valence-electron chi connectivity index (χ2n) is 25.7. The number of fused-ring (bicyclic) bond motifs is 8. The third kappa shape index (κ3) is 6.73. The molecule has 3 nitrogen and oxygen atoms in total. The lowest BCUT2D eigenvalue weighted by Gasteiger charge is -2.47. The number of rotatable bonds is 3. The Labute approximate surface area is 402 Å². The Morgan fingerprint density at radius 2 is 1.01 bits per heavy atom. The van der Waals surface area contributed by atoms with Gasteiger partial charge in [-0.1, -0.05) is 152 Å². The standard InChI is InChI=1S/C63H71BN2O/c1-38-31-52-55-53(32-38)66(50-36-47-45(60(8,9)27-29-62(47,12)13)34-43(50)39-19-17-16-18-20-39)51-37-48-46(61(10,11)28-30-63(48,14)15)35-49(51)64(55)57-56(44-33-41(59(5,6)7)23-26-54(44)67-57)65(52)42-24-21-40(22-25-42)58(2,3)4/h16-26,31-37H,27-30H2,1-15H3. The van der Waals surface area contributed by atoms with Gasteiger partial charge in [0.05, 0.1) is 17.0 Å². The molecule has 2 aliphatic heterocycles. The highest BCUT2D eigenvalue weighted by molar-refractivity contribution is 7.00. The first-order chi connectivity index (χ1) is 31.4. The Kier molecular flexibility index (Phi) is 9.39. The maximum atomic E-state index is 7.46. The fourth-order valence-electron chi connectivity index (χ4n) is 12.4.